The summed E-state index contributed by atoms with van der Waals surface area (Å²) in [6, 6.07) is 14.7. The predicted octanol–water partition coefficient (Wildman–Crippen LogP) is 3.98. The molecule has 2 amide bonds. The average Bonchev–Trinajstić information content (AvgIpc) is 2.55. The Kier molecular flexibility index (Phi) is 5.86. The van der Waals surface area contributed by atoms with Crippen LogP contribution in [0, 0.1) is 0 Å². The minimum Gasteiger partial charge on any atom is -0.493 e. The van der Waals surface area contributed by atoms with Crippen molar-refractivity contribution in [2.45, 2.75) is 19.8 Å². The number of urea groups is 1. The molecule has 0 saturated heterocycles. The number of anilines is 1. The second kappa shape index (κ2) is 8.08. The summed E-state index contributed by atoms with van der Waals surface area (Å²) >= 11 is 0. The molecule has 2 N–H and O–H groups in total. The second-order valence-corrected chi connectivity index (χ2v) is 5.35. The van der Waals surface area contributed by atoms with Gasteiger partial charge in [-0.15, -0.1) is 0 Å². The molecule has 2 aromatic rings. The Balaban J connectivity index is 1.81. The van der Waals surface area contributed by atoms with Crippen LogP contribution < -0.4 is 20.1 Å². The van der Waals surface area contributed by atoms with E-state index in [-0.39, 0.29) is 12.8 Å². The summed E-state index contributed by atoms with van der Waals surface area (Å²) in [7, 11) is 1.57. The van der Waals surface area contributed by atoms with Crippen LogP contribution in [0.4, 0.5) is 10.5 Å². The van der Waals surface area contributed by atoms with Crippen LogP contribution in [-0.4, -0.2) is 19.9 Å². The van der Waals surface area contributed by atoms with Crippen molar-refractivity contribution in [2.75, 3.05) is 19.2 Å². The summed E-state index contributed by atoms with van der Waals surface area (Å²) in [4.78, 5) is 11.8. The monoisotopic (exact) mass is 314 g/mol. The number of nitrogens with one attached hydrogen (secondary N) is 2. The second-order valence-electron chi connectivity index (χ2n) is 5.35. The molecule has 2 rings (SSSR count). The zero-order chi connectivity index (χ0) is 16.7. The highest BCUT2D eigenvalue weighted by atomic mass is 16.5. The lowest BCUT2D eigenvalue weighted by Gasteiger charge is -2.12. The smallest absolute Gasteiger partial charge is 0.321 e. The van der Waals surface area contributed by atoms with E-state index in [0.29, 0.717) is 17.4 Å². The fourth-order valence-corrected chi connectivity index (χ4v) is 2.04. The van der Waals surface area contributed by atoms with Crippen LogP contribution in [0.5, 0.6) is 11.5 Å². The van der Waals surface area contributed by atoms with Gasteiger partial charge in [-0.2, -0.15) is 0 Å². The molecule has 0 aliphatic rings. The van der Waals surface area contributed by atoms with Gasteiger partial charge in [0.25, 0.3) is 0 Å². The average molecular weight is 314 g/mol. The Hall–Kier alpha value is -2.69. The van der Waals surface area contributed by atoms with Crippen LogP contribution in [-0.2, 0) is 0 Å². The highest BCUT2D eigenvalue weighted by Gasteiger charge is 2.05. The van der Waals surface area contributed by atoms with E-state index in [1.54, 1.807) is 19.2 Å². The van der Waals surface area contributed by atoms with Crippen LogP contribution in [0.25, 0.3) is 0 Å². The third kappa shape index (κ3) is 4.92. The summed E-state index contributed by atoms with van der Waals surface area (Å²) in [5.41, 5.74) is 1.97. The highest BCUT2D eigenvalue weighted by molar-refractivity contribution is 5.89. The van der Waals surface area contributed by atoms with Gasteiger partial charge in [-0.3, -0.25) is 0 Å². The molecule has 0 atom stereocenters. The molecule has 5 nitrogen and oxygen atoms in total. The fraction of sp³-hybridized carbons (Fsp3) is 0.278. The van der Waals surface area contributed by atoms with E-state index < -0.39 is 0 Å². The van der Waals surface area contributed by atoms with Crippen molar-refractivity contribution < 1.29 is 14.3 Å². The van der Waals surface area contributed by atoms with Gasteiger partial charge < -0.3 is 20.1 Å². The molecule has 0 aliphatic carbocycles. The number of rotatable bonds is 6. The number of methoxy groups -OCH3 is 1. The maximum Gasteiger partial charge on any atom is 0.321 e. The number of amides is 2. The van der Waals surface area contributed by atoms with Gasteiger partial charge in [0.2, 0.25) is 0 Å². The Labute approximate surface area is 136 Å². The molecule has 0 saturated carbocycles. The summed E-state index contributed by atoms with van der Waals surface area (Å²) in [6.07, 6.45) is 0. The third-order valence-corrected chi connectivity index (χ3v) is 3.36. The lowest BCUT2D eigenvalue weighted by atomic mass is 10.0. The van der Waals surface area contributed by atoms with E-state index in [1.807, 2.05) is 36.4 Å². The van der Waals surface area contributed by atoms with E-state index in [0.717, 1.165) is 5.69 Å². The predicted molar refractivity (Wildman–Crippen MR) is 91.2 cm³/mol. The lowest BCUT2D eigenvalue weighted by molar-refractivity contribution is 0.231. The van der Waals surface area contributed by atoms with Crippen molar-refractivity contribution in [3.63, 3.8) is 0 Å². The van der Waals surface area contributed by atoms with Gasteiger partial charge in [0.1, 0.15) is 0 Å². The van der Waals surface area contributed by atoms with Gasteiger partial charge in [-0.1, -0.05) is 38.1 Å². The molecule has 23 heavy (non-hydrogen) atoms. The first kappa shape index (κ1) is 16.7. The number of para-hydroxylation sites is 2. The Morgan fingerprint density at radius 2 is 1.70 bits per heavy atom. The number of ether oxygens (including phenoxy) is 2. The largest absolute Gasteiger partial charge is 0.493 e. The molecule has 0 aliphatic heterocycles. The Morgan fingerprint density at radius 3 is 2.30 bits per heavy atom. The molecule has 0 unspecified atom stereocenters. The van der Waals surface area contributed by atoms with Crippen molar-refractivity contribution in [2.24, 2.45) is 0 Å². The molecule has 0 fully saturated rings. The summed E-state index contributed by atoms with van der Waals surface area (Å²) in [5, 5.41) is 5.40. The fourth-order valence-electron chi connectivity index (χ4n) is 2.04. The molecular weight excluding hydrogens is 292 g/mol. The van der Waals surface area contributed by atoms with Crippen LogP contribution in [0.3, 0.4) is 0 Å². The number of carbonyl (C=O) groups is 1. The minimum atomic E-state index is -0.322. The van der Waals surface area contributed by atoms with Crippen molar-refractivity contribution in [3.05, 3.63) is 54.1 Å². The van der Waals surface area contributed by atoms with Crippen molar-refractivity contribution in [1.29, 1.82) is 0 Å². The van der Waals surface area contributed by atoms with Gasteiger partial charge >= 0.3 is 6.03 Å². The third-order valence-electron chi connectivity index (χ3n) is 3.36. The topological polar surface area (TPSA) is 59.6 Å². The molecule has 2 aromatic carbocycles. The first-order valence-corrected chi connectivity index (χ1v) is 7.50. The standard InChI is InChI=1S/C18H22N2O3/c1-13(2)14-8-10-15(11-9-14)20-18(21)19-12-23-17-7-5-4-6-16(17)22-3/h4-11,13H,12H2,1-3H3,(H2,19,20,21). The Morgan fingerprint density at radius 1 is 1.04 bits per heavy atom. The van der Waals surface area contributed by atoms with E-state index in [9.17, 15) is 4.79 Å². The van der Waals surface area contributed by atoms with Gasteiger partial charge in [-0.25, -0.2) is 4.79 Å². The molecule has 0 bridgehead atoms. The summed E-state index contributed by atoms with van der Waals surface area (Å²) in [6.45, 7) is 4.31. The normalized spacial score (nSPS) is 10.3. The Bertz CT molecular complexity index is 639. The number of carbonyl (C=O) groups excluding carboxylic acids is 1. The van der Waals surface area contributed by atoms with Crippen LogP contribution >= 0.6 is 0 Å². The molecule has 122 valence electrons. The first-order valence-electron chi connectivity index (χ1n) is 7.50. The lowest BCUT2D eigenvalue weighted by Crippen LogP contribution is -2.32. The van der Waals surface area contributed by atoms with E-state index in [2.05, 4.69) is 24.5 Å². The molecule has 0 spiro atoms. The number of benzene rings is 2. The zero-order valence-corrected chi connectivity index (χ0v) is 13.6. The zero-order valence-electron chi connectivity index (χ0n) is 13.6. The summed E-state index contributed by atoms with van der Waals surface area (Å²) in [5.74, 6) is 1.67. The molecular formula is C18H22N2O3. The number of hydrogen-bond acceptors (Lipinski definition) is 3. The van der Waals surface area contributed by atoms with E-state index in [4.69, 9.17) is 9.47 Å². The van der Waals surface area contributed by atoms with Gasteiger partial charge in [0.15, 0.2) is 18.2 Å². The van der Waals surface area contributed by atoms with Crippen molar-refractivity contribution >= 4 is 11.7 Å². The summed E-state index contributed by atoms with van der Waals surface area (Å²) < 4.78 is 10.7. The maximum atomic E-state index is 11.8. The number of hydrogen-bond donors (Lipinski definition) is 2. The van der Waals surface area contributed by atoms with Gasteiger partial charge in [0.05, 0.1) is 7.11 Å². The van der Waals surface area contributed by atoms with Crippen molar-refractivity contribution in [1.82, 2.24) is 5.32 Å². The molecule has 5 heteroatoms. The molecule has 0 radical (unpaired) electrons. The first-order chi connectivity index (χ1) is 11.1. The van der Waals surface area contributed by atoms with Crippen molar-refractivity contribution in [3.8, 4) is 11.5 Å². The maximum absolute atomic E-state index is 11.8. The highest BCUT2D eigenvalue weighted by Crippen LogP contribution is 2.25. The minimum absolute atomic E-state index is 0.0519. The SMILES string of the molecule is COc1ccccc1OCNC(=O)Nc1ccc(C(C)C)cc1. The molecule has 0 heterocycles. The van der Waals surface area contributed by atoms with Crippen LogP contribution in [0.15, 0.2) is 48.5 Å². The molecule has 0 aromatic heterocycles. The van der Waals surface area contributed by atoms with E-state index >= 15 is 0 Å². The van der Waals surface area contributed by atoms with E-state index in [1.165, 1.54) is 5.56 Å². The quantitative estimate of drug-likeness (QED) is 0.793. The van der Waals surface area contributed by atoms with Crippen LogP contribution in [0.2, 0.25) is 0 Å². The van der Waals surface area contributed by atoms with Crippen LogP contribution in [0.1, 0.15) is 25.3 Å². The van der Waals surface area contributed by atoms with Gasteiger partial charge in [-0.05, 0) is 35.7 Å². The van der Waals surface area contributed by atoms with Gasteiger partial charge in [0, 0.05) is 5.69 Å².